The third kappa shape index (κ3) is 3.54. The van der Waals surface area contributed by atoms with Gasteiger partial charge in [-0.3, -0.25) is 4.79 Å². The third-order valence-electron chi connectivity index (χ3n) is 3.84. The van der Waals surface area contributed by atoms with Gasteiger partial charge in [-0.2, -0.15) is 0 Å². The molecule has 1 aliphatic rings. The molecule has 0 aromatic heterocycles. The molecule has 0 saturated heterocycles. The second-order valence-electron chi connectivity index (χ2n) is 5.49. The van der Waals surface area contributed by atoms with Crippen molar-refractivity contribution in [3.8, 4) is 0 Å². The number of benzene rings is 2. The maximum Gasteiger partial charge on any atom is 0.275 e. The molecule has 0 atom stereocenters. The van der Waals surface area contributed by atoms with Crippen LogP contribution in [0, 0.1) is 12.7 Å². The molecule has 1 N–H and O–H groups in total. The molecule has 2 aromatic rings. The van der Waals surface area contributed by atoms with Crippen LogP contribution in [0.2, 0.25) is 0 Å². The van der Waals surface area contributed by atoms with Crippen LogP contribution in [0.15, 0.2) is 59.2 Å². The fraction of sp³-hybridized carbons (Fsp3) is 0.158. The Kier molecular flexibility index (Phi) is 4.33. The van der Waals surface area contributed by atoms with Crippen LogP contribution in [0.5, 0.6) is 0 Å². The van der Waals surface area contributed by atoms with Gasteiger partial charge >= 0.3 is 0 Å². The molecule has 1 amide bonds. The zero-order valence-electron chi connectivity index (χ0n) is 12.8. The van der Waals surface area contributed by atoms with Crippen LogP contribution < -0.4 is 5.32 Å². The maximum atomic E-state index is 13.7. The van der Waals surface area contributed by atoms with Crippen molar-refractivity contribution in [2.45, 2.75) is 19.8 Å². The van der Waals surface area contributed by atoms with E-state index in [4.69, 9.17) is 0 Å². The molecule has 1 heterocycles. The van der Waals surface area contributed by atoms with Crippen molar-refractivity contribution in [3.05, 3.63) is 76.7 Å². The lowest BCUT2D eigenvalue weighted by molar-refractivity contribution is -0.115. The molecular formula is C19H17FN2O. The highest BCUT2D eigenvalue weighted by Crippen LogP contribution is 2.17. The van der Waals surface area contributed by atoms with E-state index >= 15 is 0 Å². The molecule has 0 saturated carbocycles. The Hall–Kier alpha value is -2.75. The van der Waals surface area contributed by atoms with Gasteiger partial charge in [-0.25, -0.2) is 9.38 Å². The summed E-state index contributed by atoms with van der Waals surface area (Å²) in [6.45, 7) is 2.06. The SMILES string of the molecule is Cc1ccccc1CCC1=N/C(=C\c2ccccc2F)C(=O)N1. The first-order chi connectivity index (χ1) is 11.1. The van der Waals surface area contributed by atoms with Crippen LogP contribution in [0.25, 0.3) is 6.08 Å². The van der Waals surface area contributed by atoms with Gasteiger partial charge in [-0.15, -0.1) is 0 Å². The number of amides is 1. The molecule has 1 aliphatic heterocycles. The Morgan fingerprint density at radius 2 is 1.83 bits per heavy atom. The lowest BCUT2D eigenvalue weighted by Crippen LogP contribution is -2.24. The van der Waals surface area contributed by atoms with Crippen LogP contribution in [0.1, 0.15) is 23.1 Å². The van der Waals surface area contributed by atoms with Gasteiger partial charge in [0, 0.05) is 12.0 Å². The van der Waals surface area contributed by atoms with Crippen LogP contribution in [-0.2, 0) is 11.2 Å². The first-order valence-corrected chi connectivity index (χ1v) is 7.53. The predicted molar refractivity (Wildman–Crippen MR) is 89.5 cm³/mol. The highest BCUT2D eigenvalue weighted by atomic mass is 19.1. The van der Waals surface area contributed by atoms with Crippen molar-refractivity contribution in [1.29, 1.82) is 0 Å². The first-order valence-electron chi connectivity index (χ1n) is 7.53. The second kappa shape index (κ2) is 6.57. The molecule has 0 aliphatic carbocycles. The Morgan fingerprint density at radius 3 is 2.61 bits per heavy atom. The topological polar surface area (TPSA) is 41.5 Å². The van der Waals surface area contributed by atoms with E-state index in [1.54, 1.807) is 18.2 Å². The molecule has 3 nitrogen and oxygen atoms in total. The second-order valence-corrected chi connectivity index (χ2v) is 5.49. The molecule has 116 valence electrons. The smallest absolute Gasteiger partial charge is 0.275 e. The molecule has 0 radical (unpaired) electrons. The summed E-state index contributed by atoms with van der Waals surface area (Å²) in [7, 11) is 0. The number of aliphatic imine (C=N–C) groups is 1. The van der Waals surface area contributed by atoms with Gasteiger partial charge < -0.3 is 5.32 Å². The summed E-state index contributed by atoms with van der Waals surface area (Å²) in [6, 6.07) is 14.5. The molecule has 0 unspecified atom stereocenters. The van der Waals surface area contributed by atoms with Crippen LogP contribution >= 0.6 is 0 Å². The number of aryl methyl sites for hydroxylation is 2. The minimum Gasteiger partial charge on any atom is -0.309 e. The van der Waals surface area contributed by atoms with E-state index in [0.29, 0.717) is 17.8 Å². The number of amidine groups is 1. The average molecular weight is 308 g/mol. The highest BCUT2D eigenvalue weighted by Gasteiger charge is 2.20. The van der Waals surface area contributed by atoms with Gasteiger partial charge in [0.2, 0.25) is 0 Å². The van der Waals surface area contributed by atoms with Gasteiger partial charge in [0.1, 0.15) is 17.3 Å². The van der Waals surface area contributed by atoms with E-state index in [9.17, 15) is 9.18 Å². The molecule has 23 heavy (non-hydrogen) atoms. The quantitative estimate of drug-likeness (QED) is 0.861. The van der Waals surface area contributed by atoms with Crippen molar-refractivity contribution in [2.75, 3.05) is 0 Å². The lowest BCUT2D eigenvalue weighted by Gasteiger charge is -2.04. The standard InChI is InChI=1S/C19H17FN2O/c1-13-6-2-3-7-14(13)10-11-18-21-17(19(23)22-18)12-15-8-4-5-9-16(15)20/h2-9,12H,10-11H2,1H3,(H,21,22,23)/b17-12-. The van der Waals surface area contributed by atoms with Crippen LogP contribution in [0.4, 0.5) is 4.39 Å². The number of nitrogens with zero attached hydrogens (tertiary/aromatic N) is 1. The predicted octanol–water partition coefficient (Wildman–Crippen LogP) is 3.64. The van der Waals surface area contributed by atoms with E-state index in [1.165, 1.54) is 23.3 Å². The summed E-state index contributed by atoms with van der Waals surface area (Å²) in [4.78, 5) is 16.3. The molecule has 0 bridgehead atoms. The van der Waals surface area contributed by atoms with Crippen LogP contribution in [0.3, 0.4) is 0 Å². The molecule has 0 fully saturated rings. The van der Waals surface area contributed by atoms with E-state index in [-0.39, 0.29) is 17.4 Å². The number of nitrogens with one attached hydrogen (secondary N) is 1. The third-order valence-corrected chi connectivity index (χ3v) is 3.84. The Balaban J connectivity index is 1.74. The maximum absolute atomic E-state index is 13.7. The Bertz CT molecular complexity index is 809. The number of hydrogen-bond acceptors (Lipinski definition) is 2. The monoisotopic (exact) mass is 308 g/mol. The number of halogens is 1. The summed E-state index contributed by atoms with van der Waals surface area (Å²) in [6.07, 6.45) is 2.93. The number of rotatable bonds is 4. The van der Waals surface area contributed by atoms with E-state index in [2.05, 4.69) is 29.4 Å². The minimum atomic E-state index is -0.364. The highest BCUT2D eigenvalue weighted by molar-refractivity contribution is 6.14. The van der Waals surface area contributed by atoms with Crippen molar-refractivity contribution in [1.82, 2.24) is 5.32 Å². The van der Waals surface area contributed by atoms with Gasteiger partial charge in [-0.1, -0.05) is 42.5 Å². The lowest BCUT2D eigenvalue weighted by atomic mass is 10.0. The van der Waals surface area contributed by atoms with E-state index < -0.39 is 0 Å². The normalized spacial score (nSPS) is 15.7. The summed E-state index contributed by atoms with van der Waals surface area (Å²) >= 11 is 0. The van der Waals surface area contributed by atoms with Gasteiger partial charge in [0.25, 0.3) is 5.91 Å². The molecule has 3 rings (SSSR count). The number of hydrogen-bond donors (Lipinski definition) is 1. The largest absolute Gasteiger partial charge is 0.309 e. The molecule has 0 spiro atoms. The Morgan fingerprint density at radius 1 is 1.09 bits per heavy atom. The molecular weight excluding hydrogens is 291 g/mol. The van der Waals surface area contributed by atoms with Crippen molar-refractivity contribution < 1.29 is 9.18 Å². The summed E-state index contributed by atoms with van der Waals surface area (Å²) < 4.78 is 13.7. The first kappa shape index (κ1) is 15.2. The van der Waals surface area contributed by atoms with Crippen molar-refractivity contribution >= 4 is 17.8 Å². The fourth-order valence-electron chi connectivity index (χ4n) is 2.52. The summed E-state index contributed by atoms with van der Waals surface area (Å²) in [5, 5.41) is 2.75. The molecule has 2 aromatic carbocycles. The fourth-order valence-corrected chi connectivity index (χ4v) is 2.52. The van der Waals surface area contributed by atoms with Gasteiger partial charge in [-0.05, 0) is 36.6 Å². The van der Waals surface area contributed by atoms with Gasteiger partial charge in [0.05, 0.1) is 0 Å². The van der Waals surface area contributed by atoms with Crippen molar-refractivity contribution in [2.24, 2.45) is 4.99 Å². The Labute approximate surface area is 134 Å². The van der Waals surface area contributed by atoms with Gasteiger partial charge in [0.15, 0.2) is 0 Å². The minimum absolute atomic E-state index is 0.245. The summed E-state index contributed by atoms with van der Waals surface area (Å²) in [5.41, 5.74) is 3.06. The van der Waals surface area contributed by atoms with Crippen molar-refractivity contribution in [3.63, 3.8) is 0 Å². The van der Waals surface area contributed by atoms with E-state index in [0.717, 1.165) is 6.42 Å². The van der Waals surface area contributed by atoms with Crippen LogP contribution in [-0.4, -0.2) is 11.7 Å². The van der Waals surface area contributed by atoms with E-state index in [1.807, 2.05) is 12.1 Å². The molecule has 4 heteroatoms. The summed E-state index contributed by atoms with van der Waals surface area (Å²) in [5.74, 6) is -0.0229. The number of carbonyl (C=O) groups excluding carboxylic acids is 1. The average Bonchev–Trinajstić information content (AvgIpc) is 2.89. The number of carbonyl (C=O) groups is 1. The zero-order valence-corrected chi connectivity index (χ0v) is 12.8. The zero-order chi connectivity index (χ0) is 16.2.